The number of rotatable bonds is 6. The topological polar surface area (TPSA) is 57.4 Å². The monoisotopic (exact) mass is 286 g/mol. The van der Waals surface area contributed by atoms with Crippen LogP contribution in [-0.4, -0.2) is 12.1 Å². The van der Waals surface area contributed by atoms with Crippen molar-refractivity contribution >= 4 is 0 Å². The molecular weight excluding hydrogens is 264 g/mol. The van der Waals surface area contributed by atoms with Gasteiger partial charge in [0.2, 0.25) is 0 Å². The van der Waals surface area contributed by atoms with Crippen molar-refractivity contribution in [1.82, 2.24) is 4.98 Å². The Morgan fingerprint density at radius 3 is 2.48 bits per heavy atom. The van der Waals surface area contributed by atoms with Gasteiger partial charge in [0.1, 0.15) is 18.1 Å². The summed E-state index contributed by atoms with van der Waals surface area (Å²) in [5.41, 5.74) is 8.88. The lowest BCUT2D eigenvalue weighted by Gasteiger charge is -2.11. The van der Waals surface area contributed by atoms with Gasteiger partial charge in [0.15, 0.2) is 0 Å². The summed E-state index contributed by atoms with van der Waals surface area (Å²) in [6, 6.07) is 11.8. The Morgan fingerprint density at radius 1 is 1.14 bits per heavy atom. The van der Waals surface area contributed by atoms with Gasteiger partial charge in [-0.1, -0.05) is 19.1 Å². The molecule has 1 atom stereocenters. The van der Waals surface area contributed by atoms with Gasteiger partial charge in [-0.3, -0.25) is 4.98 Å². The molecule has 4 nitrogen and oxygen atoms in total. The van der Waals surface area contributed by atoms with Crippen LogP contribution in [0.3, 0.4) is 0 Å². The molecule has 0 aliphatic heterocycles. The molecule has 1 heterocycles. The molecule has 0 aliphatic carbocycles. The van der Waals surface area contributed by atoms with Crippen molar-refractivity contribution in [2.45, 2.75) is 32.9 Å². The summed E-state index contributed by atoms with van der Waals surface area (Å²) in [6.07, 6.45) is 0.924. The summed E-state index contributed by atoms with van der Waals surface area (Å²) in [5.74, 6) is 1.61. The van der Waals surface area contributed by atoms with Crippen molar-refractivity contribution in [3.63, 3.8) is 0 Å². The summed E-state index contributed by atoms with van der Waals surface area (Å²) in [6.45, 7) is 4.43. The molecule has 2 aromatic rings. The Kier molecular flexibility index (Phi) is 5.17. The molecule has 0 aliphatic rings. The van der Waals surface area contributed by atoms with Gasteiger partial charge in [0, 0.05) is 23.9 Å². The number of nitrogens with zero attached hydrogens (tertiary/aromatic N) is 1. The molecule has 1 aromatic carbocycles. The second-order valence-electron chi connectivity index (χ2n) is 5.01. The standard InChI is InChI=1S/C17H22N2O2/c1-4-17(18)13-5-7-15(8-6-13)21-11-14-10-16(20-3)9-12(2)19-14/h5-10,17H,4,11,18H2,1-3H3. The van der Waals surface area contributed by atoms with Crippen LogP contribution >= 0.6 is 0 Å². The zero-order valence-electron chi connectivity index (χ0n) is 12.8. The van der Waals surface area contributed by atoms with E-state index in [1.807, 2.05) is 43.3 Å². The predicted molar refractivity (Wildman–Crippen MR) is 83.5 cm³/mol. The van der Waals surface area contributed by atoms with Crippen molar-refractivity contribution < 1.29 is 9.47 Å². The van der Waals surface area contributed by atoms with E-state index in [1.165, 1.54) is 0 Å². The smallest absolute Gasteiger partial charge is 0.130 e. The summed E-state index contributed by atoms with van der Waals surface area (Å²) >= 11 is 0. The lowest BCUT2D eigenvalue weighted by molar-refractivity contribution is 0.299. The van der Waals surface area contributed by atoms with Gasteiger partial charge in [0.25, 0.3) is 0 Å². The van der Waals surface area contributed by atoms with E-state index in [0.29, 0.717) is 6.61 Å². The summed E-state index contributed by atoms with van der Waals surface area (Å²) in [4.78, 5) is 4.43. The van der Waals surface area contributed by atoms with E-state index in [2.05, 4.69) is 11.9 Å². The van der Waals surface area contributed by atoms with Gasteiger partial charge in [-0.25, -0.2) is 0 Å². The fourth-order valence-corrected chi connectivity index (χ4v) is 2.10. The average molecular weight is 286 g/mol. The molecule has 0 saturated heterocycles. The van der Waals surface area contributed by atoms with Crippen molar-refractivity contribution in [3.8, 4) is 11.5 Å². The molecule has 0 radical (unpaired) electrons. The number of aromatic nitrogens is 1. The second-order valence-corrected chi connectivity index (χ2v) is 5.01. The first kappa shape index (κ1) is 15.3. The maximum absolute atomic E-state index is 5.99. The van der Waals surface area contributed by atoms with Gasteiger partial charge in [0.05, 0.1) is 12.8 Å². The second kappa shape index (κ2) is 7.09. The fraction of sp³-hybridized carbons (Fsp3) is 0.353. The highest BCUT2D eigenvalue weighted by Gasteiger charge is 2.05. The van der Waals surface area contributed by atoms with Gasteiger partial charge in [-0.15, -0.1) is 0 Å². The van der Waals surface area contributed by atoms with Crippen LogP contribution in [0.15, 0.2) is 36.4 Å². The van der Waals surface area contributed by atoms with Crippen LogP contribution in [0, 0.1) is 6.92 Å². The van der Waals surface area contributed by atoms with Crippen molar-refractivity contribution in [1.29, 1.82) is 0 Å². The Balaban J connectivity index is 2.01. The van der Waals surface area contributed by atoms with Gasteiger partial charge < -0.3 is 15.2 Å². The highest BCUT2D eigenvalue weighted by molar-refractivity contribution is 5.30. The van der Waals surface area contributed by atoms with Crippen LogP contribution in [0.25, 0.3) is 0 Å². The SMILES string of the molecule is CCC(N)c1ccc(OCc2cc(OC)cc(C)n2)cc1. The van der Waals surface area contributed by atoms with E-state index in [4.69, 9.17) is 15.2 Å². The predicted octanol–water partition coefficient (Wildman–Crippen LogP) is 3.39. The molecule has 0 spiro atoms. The number of nitrogens with two attached hydrogens (primary N) is 1. The van der Waals surface area contributed by atoms with E-state index < -0.39 is 0 Å². The van der Waals surface area contributed by atoms with Crippen LogP contribution < -0.4 is 15.2 Å². The molecule has 2 rings (SSSR count). The highest BCUT2D eigenvalue weighted by atomic mass is 16.5. The number of methoxy groups -OCH3 is 1. The third kappa shape index (κ3) is 4.20. The van der Waals surface area contributed by atoms with E-state index in [9.17, 15) is 0 Å². The summed E-state index contributed by atoms with van der Waals surface area (Å²) < 4.78 is 11.0. The zero-order valence-corrected chi connectivity index (χ0v) is 12.8. The van der Waals surface area contributed by atoms with Gasteiger partial charge >= 0.3 is 0 Å². The first-order valence-corrected chi connectivity index (χ1v) is 7.12. The minimum atomic E-state index is 0.0850. The first-order chi connectivity index (χ1) is 10.1. The van der Waals surface area contributed by atoms with Gasteiger partial charge in [-0.05, 0) is 31.0 Å². The number of hydrogen-bond acceptors (Lipinski definition) is 4. The van der Waals surface area contributed by atoms with Crippen molar-refractivity contribution in [2.75, 3.05) is 7.11 Å². The molecule has 0 bridgehead atoms. The van der Waals surface area contributed by atoms with Crippen LogP contribution in [-0.2, 0) is 6.61 Å². The van der Waals surface area contributed by atoms with E-state index in [-0.39, 0.29) is 6.04 Å². The molecule has 0 saturated carbocycles. The average Bonchev–Trinajstić information content (AvgIpc) is 2.52. The lowest BCUT2D eigenvalue weighted by Crippen LogP contribution is -2.08. The molecule has 112 valence electrons. The third-order valence-corrected chi connectivity index (χ3v) is 3.35. The molecule has 0 fully saturated rings. The number of hydrogen-bond donors (Lipinski definition) is 1. The normalized spacial score (nSPS) is 12.0. The quantitative estimate of drug-likeness (QED) is 0.884. The summed E-state index contributed by atoms with van der Waals surface area (Å²) in [5, 5.41) is 0. The molecule has 0 amide bonds. The van der Waals surface area contributed by atoms with Crippen LogP contribution in [0.2, 0.25) is 0 Å². The number of aryl methyl sites for hydroxylation is 1. The Morgan fingerprint density at radius 2 is 1.86 bits per heavy atom. The molecule has 2 N–H and O–H groups in total. The minimum Gasteiger partial charge on any atom is -0.497 e. The number of benzene rings is 1. The van der Waals surface area contributed by atoms with Crippen LogP contribution in [0.4, 0.5) is 0 Å². The van der Waals surface area contributed by atoms with E-state index in [0.717, 1.165) is 34.9 Å². The van der Waals surface area contributed by atoms with Crippen LogP contribution in [0.1, 0.15) is 36.3 Å². The molecule has 1 aromatic heterocycles. The number of ether oxygens (including phenoxy) is 2. The molecular formula is C17H22N2O2. The Hall–Kier alpha value is -2.07. The largest absolute Gasteiger partial charge is 0.497 e. The highest BCUT2D eigenvalue weighted by Crippen LogP contribution is 2.20. The first-order valence-electron chi connectivity index (χ1n) is 7.12. The maximum Gasteiger partial charge on any atom is 0.130 e. The molecule has 1 unspecified atom stereocenters. The van der Waals surface area contributed by atoms with Crippen molar-refractivity contribution in [2.24, 2.45) is 5.73 Å². The Labute approximate surface area is 125 Å². The fourth-order valence-electron chi connectivity index (χ4n) is 2.10. The maximum atomic E-state index is 5.99. The molecule has 21 heavy (non-hydrogen) atoms. The van der Waals surface area contributed by atoms with E-state index >= 15 is 0 Å². The number of pyridine rings is 1. The minimum absolute atomic E-state index is 0.0850. The molecule has 4 heteroatoms. The summed E-state index contributed by atoms with van der Waals surface area (Å²) in [7, 11) is 1.65. The van der Waals surface area contributed by atoms with Gasteiger partial charge in [-0.2, -0.15) is 0 Å². The Bertz CT molecular complexity index is 582. The third-order valence-electron chi connectivity index (χ3n) is 3.35. The van der Waals surface area contributed by atoms with Crippen LogP contribution in [0.5, 0.6) is 11.5 Å². The zero-order chi connectivity index (χ0) is 15.2. The van der Waals surface area contributed by atoms with E-state index in [1.54, 1.807) is 7.11 Å². The van der Waals surface area contributed by atoms with Crippen molar-refractivity contribution in [3.05, 3.63) is 53.3 Å². The lowest BCUT2D eigenvalue weighted by atomic mass is 10.1.